The molecule has 16 nitrogen and oxygen atoms in total. The number of hydrogen-bond donors (Lipinski definition) is 3. The van der Waals surface area contributed by atoms with E-state index < -0.39 is 36.5 Å². The molecule has 0 aliphatic carbocycles. The number of carbonyl (C=O) groups excluding carboxylic acids is 3. The molecule has 4 fully saturated rings. The maximum absolute atomic E-state index is 15.3. The van der Waals surface area contributed by atoms with E-state index in [2.05, 4.69) is 76.8 Å². The highest BCUT2D eigenvalue weighted by atomic mass is 79.9. The summed E-state index contributed by atoms with van der Waals surface area (Å²) in [4.78, 5) is 60.1. The second-order valence-corrected chi connectivity index (χ2v) is 22.7. The lowest BCUT2D eigenvalue weighted by atomic mass is 9.89. The summed E-state index contributed by atoms with van der Waals surface area (Å²) in [5.74, 6) is -2.65. The van der Waals surface area contributed by atoms with Crippen molar-refractivity contribution in [2.24, 2.45) is 5.92 Å². The van der Waals surface area contributed by atoms with Gasteiger partial charge in [-0.2, -0.15) is 10.2 Å². The van der Waals surface area contributed by atoms with Gasteiger partial charge in [0.2, 0.25) is 23.7 Å². The maximum atomic E-state index is 15.3. The number of halogens is 3. The summed E-state index contributed by atoms with van der Waals surface area (Å²) in [6.07, 6.45) is 5.02. The van der Waals surface area contributed by atoms with Gasteiger partial charge >= 0.3 is 0 Å². The van der Waals surface area contributed by atoms with E-state index >= 15 is 8.78 Å². The Morgan fingerprint density at radius 1 is 0.929 bits per heavy atom. The fourth-order valence-corrected chi connectivity index (χ4v) is 12.2. The Morgan fingerprint density at radius 3 is 2.33 bits per heavy atom. The number of nitrogens with zero attached hydrogens (tertiary/aromatic N) is 8. The number of hydrogen-bond acceptors (Lipinski definition) is 14. The number of aromatic nitrogens is 3. The number of fused-ring (bicyclic) bond motifs is 1. The molecular weight excluding hydrogens is 983 g/mol. The van der Waals surface area contributed by atoms with Crippen molar-refractivity contribution in [3.63, 3.8) is 0 Å². The SMILES string of the molecule is CCc1cc(Nc2ncc(Br)c(Nc3ccc4nc(C#N)ccc4c3P(C)(C)=O)n2)c(OC)cc1N1CCC(N2CCN(C(=O)C3CCN(c4cc(F)c(C5CCC(=O)NC5=O)c(F)c4)C3)CC2)CC1. The van der Waals surface area contributed by atoms with E-state index in [9.17, 15) is 24.2 Å². The number of piperidine rings is 2. The third kappa shape index (κ3) is 10.0. The number of aryl methyl sites for hydroxylation is 1. The minimum Gasteiger partial charge on any atom is -0.494 e. The zero-order valence-corrected chi connectivity index (χ0v) is 42.0. The van der Waals surface area contributed by atoms with E-state index in [1.165, 1.54) is 12.1 Å². The summed E-state index contributed by atoms with van der Waals surface area (Å²) in [6, 6.07) is 16.1. The predicted octanol–water partition coefficient (Wildman–Crippen LogP) is 7.40. The van der Waals surface area contributed by atoms with Crippen LogP contribution in [0.1, 0.15) is 61.8 Å². The number of nitriles is 1. The van der Waals surface area contributed by atoms with Gasteiger partial charge in [-0.1, -0.05) is 6.92 Å². The Labute approximate surface area is 413 Å². The lowest BCUT2D eigenvalue weighted by Gasteiger charge is -2.44. The van der Waals surface area contributed by atoms with E-state index in [1.54, 1.807) is 50.9 Å². The number of anilines is 6. The third-order valence-corrected chi connectivity index (χ3v) is 16.2. The molecule has 0 spiro atoms. The molecule has 9 rings (SSSR count). The van der Waals surface area contributed by atoms with Gasteiger partial charge in [-0.15, -0.1) is 0 Å². The van der Waals surface area contributed by atoms with Crippen molar-refractivity contribution < 1.29 is 32.5 Å². The summed E-state index contributed by atoms with van der Waals surface area (Å²) < 4.78 is 50.8. The number of amides is 3. The number of benzene rings is 3. The standard InChI is InChI=1S/C50H55BrF2N11O5P/c1-5-29-22-41(58-50-55-27-36(51)47(60-50)57-40-10-9-39-34(46(40)70(3,4)68)7-6-31(26-54)56-39)43(69-2)25-42(29)62-16-13-32(14-17-62)61-18-20-63(21-19-61)49(67)30-12-15-64(28-30)33-23-37(52)45(38(53)24-33)35-8-11-44(65)59-48(35)66/h6-7,9-10,22-25,27,30,32,35H,5,8,11-21,28H2,1-4H3,(H,59,65,66)(H2,55,57,58,60). The Hall–Kier alpha value is -6.22. The van der Waals surface area contributed by atoms with Gasteiger partial charge in [-0.05, 0) is 109 Å². The first-order chi connectivity index (χ1) is 33.6. The molecule has 3 amide bonds. The minimum absolute atomic E-state index is 0.0223. The van der Waals surface area contributed by atoms with Crippen LogP contribution >= 0.6 is 23.1 Å². The van der Waals surface area contributed by atoms with Crippen LogP contribution in [0, 0.1) is 28.9 Å². The molecule has 4 aliphatic rings. The zero-order valence-electron chi connectivity index (χ0n) is 39.5. The van der Waals surface area contributed by atoms with Gasteiger partial charge in [-0.25, -0.2) is 18.7 Å². The molecule has 20 heteroatoms. The zero-order chi connectivity index (χ0) is 49.4. The van der Waals surface area contributed by atoms with Crippen molar-refractivity contribution in [2.45, 2.75) is 57.4 Å². The molecule has 3 N–H and O–H groups in total. The number of rotatable bonds is 12. The van der Waals surface area contributed by atoms with Crippen molar-refractivity contribution >= 4 is 91.5 Å². The van der Waals surface area contributed by atoms with Gasteiger partial charge in [-0.3, -0.25) is 24.6 Å². The van der Waals surface area contributed by atoms with Crippen molar-refractivity contribution in [1.82, 2.24) is 30.1 Å². The average molecular weight is 1040 g/mol. The molecule has 5 aromatic rings. The number of nitrogens with one attached hydrogen (secondary N) is 3. The number of methoxy groups -OCH3 is 1. The monoisotopic (exact) mass is 1040 g/mol. The second-order valence-electron chi connectivity index (χ2n) is 18.7. The number of piperazine rings is 1. The second kappa shape index (κ2) is 20.2. The fraction of sp³-hybridized carbons (Fsp3) is 0.420. The first-order valence-corrected chi connectivity index (χ1v) is 27.0. The highest BCUT2D eigenvalue weighted by Gasteiger charge is 2.37. The number of imide groups is 1. The highest BCUT2D eigenvalue weighted by molar-refractivity contribution is 9.10. The van der Waals surface area contributed by atoms with Gasteiger partial charge in [0.25, 0.3) is 0 Å². The van der Waals surface area contributed by atoms with Crippen LogP contribution in [0.4, 0.5) is 43.3 Å². The van der Waals surface area contributed by atoms with E-state index in [0.29, 0.717) is 93.9 Å². The molecule has 0 radical (unpaired) electrons. The minimum atomic E-state index is -2.84. The topological polar surface area (TPSA) is 189 Å². The summed E-state index contributed by atoms with van der Waals surface area (Å²) in [5, 5.41) is 19.6. The third-order valence-electron chi connectivity index (χ3n) is 14.0. The van der Waals surface area contributed by atoms with Crippen LogP contribution in [-0.2, 0) is 25.4 Å². The van der Waals surface area contributed by atoms with Gasteiger partial charge in [0.1, 0.15) is 42.1 Å². The van der Waals surface area contributed by atoms with Crippen LogP contribution < -0.4 is 35.8 Å². The van der Waals surface area contributed by atoms with Gasteiger partial charge in [0, 0.05) is 105 Å². The molecule has 2 atom stereocenters. The van der Waals surface area contributed by atoms with Crippen molar-refractivity contribution in [2.75, 3.05) is 93.2 Å². The molecule has 2 unspecified atom stereocenters. The Balaban J connectivity index is 0.798. The first-order valence-electron chi connectivity index (χ1n) is 23.6. The molecule has 2 aromatic heterocycles. The van der Waals surface area contributed by atoms with Crippen molar-refractivity contribution in [3.8, 4) is 11.8 Å². The molecular formula is C50H55BrF2N11O5P. The van der Waals surface area contributed by atoms with Gasteiger partial charge in [0.15, 0.2) is 0 Å². The predicted molar refractivity (Wildman–Crippen MR) is 269 cm³/mol. The molecule has 0 saturated carbocycles. The van der Waals surface area contributed by atoms with E-state index in [4.69, 9.17) is 9.72 Å². The average Bonchev–Trinajstić information content (AvgIpc) is 3.85. The summed E-state index contributed by atoms with van der Waals surface area (Å²) in [6.45, 7) is 10.9. The number of pyridine rings is 1. The molecule has 70 heavy (non-hydrogen) atoms. The first kappa shape index (κ1) is 48.8. The lowest BCUT2D eigenvalue weighted by Crippen LogP contribution is -2.55. The van der Waals surface area contributed by atoms with Crippen molar-refractivity contribution in [3.05, 3.63) is 87.7 Å². The van der Waals surface area contributed by atoms with Crippen LogP contribution in [-0.4, -0.2) is 121 Å². The Kier molecular flexibility index (Phi) is 14.1. The lowest BCUT2D eigenvalue weighted by molar-refractivity contribution is -0.137. The molecule has 366 valence electrons. The van der Waals surface area contributed by atoms with E-state index in [-0.39, 0.29) is 35.9 Å². The van der Waals surface area contributed by atoms with Crippen LogP contribution in [0.25, 0.3) is 10.9 Å². The number of carbonyl (C=O) groups is 3. The molecule has 4 aliphatic heterocycles. The smallest absolute Gasteiger partial charge is 0.234 e. The quantitative estimate of drug-likeness (QED) is 0.0828. The highest BCUT2D eigenvalue weighted by Crippen LogP contribution is 2.43. The van der Waals surface area contributed by atoms with E-state index in [1.807, 2.05) is 9.80 Å². The maximum Gasteiger partial charge on any atom is 0.234 e. The Morgan fingerprint density at radius 2 is 1.66 bits per heavy atom. The molecule has 4 saturated heterocycles. The molecule has 0 bridgehead atoms. The van der Waals surface area contributed by atoms with Crippen LogP contribution in [0.15, 0.2) is 59.2 Å². The molecule has 3 aromatic carbocycles. The summed E-state index contributed by atoms with van der Waals surface area (Å²) in [7, 11) is -1.20. The van der Waals surface area contributed by atoms with Crippen LogP contribution in [0.2, 0.25) is 0 Å². The van der Waals surface area contributed by atoms with Gasteiger partial charge in [0.05, 0.1) is 40.3 Å². The summed E-state index contributed by atoms with van der Waals surface area (Å²) in [5.41, 5.74) is 4.45. The van der Waals surface area contributed by atoms with E-state index in [0.717, 1.165) is 56.7 Å². The number of ether oxygens (including phenoxy) is 1. The fourth-order valence-electron chi connectivity index (χ4n) is 10.4. The van der Waals surface area contributed by atoms with Crippen LogP contribution in [0.5, 0.6) is 5.75 Å². The summed E-state index contributed by atoms with van der Waals surface area (Å²) >= 11 is 3.58. The van der Waals surface area contributed by atoms with Gasteiger partial charge < -0.3 is 34.6 Å². The van der Waals surface area contributed by atoms with Crippen LogP contribution in [0.3, 0.4) is 0 Å². The van der Waals surface area contributed by atoms with Crippen molar-refractivity contribution in [1.29, 1.82) is 5.26 Å². The Bertz CT molecular complexity index is 2950. The normalized spacial score (nSPS) is 19.3. The largest absolute Gasteiger partial charge is 0.494 e. The molecule has 6 heterocycles.